The molecule has 2 aromatic carbocycles. The van der Waals surface area contributed by atoms with E-state index >= 15 is 0 Å². The maximum Gasteiger partial charge on any atom is 0.235 e. The van der Waals surface area contributed by atoms with Gasteiger partial charge < -0.3 is 24.7 Å². The van der Waals surface area contributed by atoms with Gasteiger partial charge in [0.05, 0.1) is 12.1 Å². The first-order valence-corrected chi connectivity index (χ1v) is 14.9. The van der Waals surface area contributed by atoms with Crippen molar-refractivity contribution in [3.05, 3.63) is 66.6 Å². The molecule has 0 aliphatic rings. The zero-order valence-corrected chi connectivity index (χ0v) is 25.4. The van der Waals surface area contributed by atoms with Crippen LogP contribution in [0, 0.1) is 12.3 Å². The first-order valence-electron chi connectivity index (χ1n) is 12.9. The van der Waals surface area contributed by atoms with Crippen LogP contribution in [0.15, 0.2) is 61.1 Å². The lowest BCUT2D eigenvalue weighted by molar-refractivity contribution is -0.118. The maximum atomic E-state index is 11.9. The lowest BCUT2D eigenvalue weighted by Gasteiger charge is -2.19. The van der Waals surface area contributed by atoms with Gasteiger partial charge in [-0.25, -0.2) is 18.4 Å². The summed E-state index contributed by atoms with van der Waals surface area (Å²) in [5.41, 5.74) is 3.32. The molecule has 0 saturated heterocycles. The average Bonchev–Trinajstić information content (AvgIpc) is 3.27. The van der Waals surface area contributed by atoms with Gasteiger partial charge in [-0.05, 0) is 54.3 Å². The normalized spacial score (nSPS) is 11.5. The van der Waals surface area contributed by atoms with Crippen LogP contribution in [0.2, 0.25) is 0 Å². The predicted octanol–water partition coefficient (Wildman–Crippen LogP) is 5.28. The molecule has 12 heteroatoms. The van der Waals surface area contributed by atoms with Crippen molar-refractivity contribution in [3.63, 3.8) is 0 Å². The molecule has 0 fully saturated rings. The zero-order chi connectivity index (χ0) is 28.9. The Hall–Kier alpha value is -3.83. The number of amides is 1. The molecular formula is C29H36ClN5O5S. The number of rotatable bonds is 11. The number of nitrogens with one attached hydrogen (secondary N) is 2. The molecule has 2 N–H and O–H groups in total. The van der Waals surface area contributed by atoms with Crippen molar-refractivity contribution >= 4 is 50.7 Å². The molecule has 4 aromatic rings. The molecule has 0 atom stereocenters. The van der Waals surface area contributed by atoms with Gasteiger partial charge in [0, 0.05) is 37.3 Å². The fraction of sp³-hybridized carbons (Fsp3) is 0.345. The van der Waals surface area contributed by atoms with Crippen molar-refractivity contribution in [1.82, 2.24) is 19.9 Å². The fourth-order valence-corrected chi connectivity index (χ4v) is 4.53. The number of benzene rings is 2. The largest absolute Gasteiger partial charge is 0.493 e. The second-order valence-electron chi connectivity index (χ2n) is 10.9. The number of hydrogen-bond donors (Lipinski definition) is 2. The highest BCUT2D eigenvalue weighted by atomic mass is 35.5. The number of aryl methyl sites for hydroxylation is 1. The van der Waals surface area contributed by atoms with E-state index in [4.69, 9.17) is 9.47 Å². The highest BCUT2D eigenvalue weighted by Crippen LogP contribution is 2.31. The minimum atomic E-state index is -3.38. The average molecular weight is 602 g/mol. The van der Waals surface area contributed by atoms with Crippen molar-refractivity contribution in [2.75, 3.05) is 30.5 Å². The van der Waals surface area contributed by atoms with Gasteiger partial charge in [-0.2, -0.15) is 0 Å². The Bertz CT molecular complexity index is 1620. The van der Waals surface area contributed by atoms with E-state index < -0.39 is 21.5 Å². The van der Waals surface area contributed by atoms with Crippen molar-refractivity contribution in [3.8, 4) is 17.2 Å². The summed E-state index contributed by atoms with van der Waals surface area (Å²) in [4.78, 5) is 20.6. The molecule has 220 valence electrons. The molecule has 0 bridgehead atoms. The van der Waals surface area contributed by atoms with Crippen LogP contribution in [0.5, 0.6) is 17.2 Å². The molecule has 0 radical (unpaired) electrons. The molecule has 0 spiro atoms. The van der Waals surface area contributed by atoms with Crippen LogP contribution in [0.4, 0.5) is 11.5 Å². The van der Waals surface area contributed by atoms with E-state index in [9.17, 15) is 13.2 Å². The van der Waals surface area contributed by atoms with Crippen LogP contribution in [-0.2, 0) is 21.2 Å². The summed E-state index contributed by atoms with van der Waals surface area (Å²) in [5, 5.41) is 6.00. The summed E-state index contributed by atoms with van der Waals surface area (Å²) in [7, 11) is -3.38. The Morgan fingerprint density at radius 1 is 1.05 bits per heavy atom. The molecule has 1 amide bonds. The molecule has 4 rings (SSSR count). The summed E-state index contributed by atoms with van der Waals surface area (Å²) in [6, 6.07) is 15.2. The molecule has 10 nitrogen and oxygen atoms in total. The number of fused-ring (bicyclic) bond motifs is 1. The van der Waals surface area contributed by atoms with E-state index in [0.29, 0.717) is 24.7 Å². The number of ether oxygens (including phenoxy) is 2. The van der Waals surface area contributed by atoms with Crippen LogP contribution in [-0.4, -0.2) is 54.0 Å². The monoisotopic (exact) mass is 601 g/mol. The molecule has 2 aromatic heterocycles. The van der Waals surface area contributed by atoms with Crippen LogP contribution >= 0.6 is 12.4 Å². The van der Waals surface area contributed by atoms with Gasteiger partial charge in [-0.1, -0.05) is 26.8 Å². The van der Waals surface area contributed by atoms with Crippen LogP contribution < -0.4 is 20.1 Å². The fourth-order valence-electron chi connectivity index (χ4n) is 3.95. The molecule has 0 unspecified atom stereocenters. The third kappa shape index (κ3) is 9.36. The van der Waals surface area contributed by atoms with E-state index in [1.807, 2.05) is 66.2 Å². The van der Waals surface area contributed by atoms with Crippen LogP contribution in [0.3, 0.4) is 0 Å². The lowest BCUT2D eigenvalue weighted by Crippen LogP contribution is -2.32. The highest BCUT2D eigenvalue weighted by Gasteiger charge is 2.14. The third-order valence-corrected chi connectivity index (χ3v) is 6.55. The minimum Gasteiger partial charge on any atom is -0.493 e. The molecular weight excluding hydrogens is 566 g/mol. The Morgan fingerprint density at radius 3 is 2.51 bits per heavy atom. The summed E-state index contributed by atoms with van der Waals surface area (Å²) >= 11 is 0. The second kappa shape index (κ2) is 13.2. The number of carbonyl (C=O) groups is 1. The standard InChI is InChI=1S/C29H35N5O5S.ClH/c1-20-15-21(9-10-25(20)39-23-8-6-7-22(16-23)38-18-29(2,3)4)33-28-27-24(31-19-32-28)11-13-34(27)14-12-30-26(35)17-40(5,36)37;/h6-11,13,15-16,19H,12,14,17-18H2,1-5H3,(H,30,35)(H,31,32,33);1H. The first-order chi connectivity index (χ1) is 18.9. The van der Waals surface area contributed by atoms with Gasteiger partial charge in [0.15, 0.2) is 15.7 Å². The van der Waals surface area contributed by atoms with E-state index in [1.165, 1.54) is 6.33 Å². The summed E-state index contributed by atoms with van der Waals surface area (Å²) in [5.74, 6) is 1.71. The molecule has 41 heavy (non-hydrogen) atoms. The Kier molecular flexibility index (Phi) is 10.2. The smallest absolute Gasteiger partial charge is 0.235 e. The number of sulfone groups is 1. The van der Waals surface area contributed by atoms with Gasteiger partial charge in [-0.15, -0.1) is 12.4 Å². The van der Waals surface area contributed by atoms with E-state index in [0.717, 1.165) is 40.0 Å². The number of nitrogens with zero attached hydrogens (tertiary/aromatic N) is 3. The Morgan fingerprint density at radius 2 is 1.80 bits per heavy atom. The van der Waals surface area contributed by atoms with E-state index in [-0.39, 0.29) is 24.4 Å². The van der Waals surface area contributed by atoms with Gasteiger partial charge in [0.2, 0.25) is 5.91 Å². The van der Waals surface area contributed by atoms with Gasteiger partial charge in [0.25, 0.3) is 0 Å². The molecule has 2 heterocycles. The number of aromatic nitrogens is 3. The maximum absolute atomic E-state index is 11.9. The number of hydrogen-bond acceptors (Lipinski definition) is 8. The third-order valence-electron chi connectivity index (χ3n) is 5.76. The molecule has 0 aliphatic carbocycles. The van der Waals surface area contributed by atoms with Gasteiger partial charge in [0.1, 0.15) is 34.8 Å². The van der Waals surface area contributed by atoms with E-state index in [1.54, 1.807) is 0 Å². The molecule has 0 saturated carbocycles. The summed E-state index contributed by atoms with van der Waals surface area (Å²) in [6.45, 7) is 9.64. The minimum absolute atomic E-state index is 0. The molecule has 0 aliphatic heterocycles. The quantitative estimate of drug-likeness (QED) is 0.238. The van der Waals surface area contributed by atoms with Crippen molar-refractivity contribution in [2.45, 2.75) is 34.2 Å². The van der Waals surface area contributed by atoms with Crippen molar-refractivity contribution in [2.24, 2.45) is 5.41 Å². The number of anilines is 2. The van der Waals surface area contributed by atoms with Crippen LogP contribution in [0.1, 0.15) is 26.3 Å². The van der Waals surface area contributed by atoms with E-state index in [2.05, 4.69) is 41.4 Å². The highest BCUT2D eigenvalue weighted by molar-refractivity contribution is 7.91. The first kappa shape index (κ1) is 31.7. The summed E-state index contributed by atoms with van der Waals surface area (Å²) in [6.07, 6.45) is 4.37. The number of carbonyl (C=O) groups excluding carboxylic acids is 1. The van der Waals surface area contributed by atoms with Crippen molar-refractivity contribution < 1.29 is 22.7 Å². The van der Waals surface area contributed by atoms with Crippen LogP contribution in [0.25, 0.3) is 11.0 Å². The summed E-state index contributed by atoms with van der Waals surface area (Å²) < 4.78 is 36.6. The Balaban J connectivity index is 0.00000462. The van der Waals surface area contributed by atoms with Crippen molar-refractivity contribution in [1.29, 1.82) is 0 Å². The zero-order valence-electron chi connectivity index (χ0n) is 23.8. The van der Waals surface area contributed by atoms with Gasteiger partial charge in [-0.3, -0.25) is 4.79 Å². The Labute approximate surface area is 246 Å². The predicted molar refractivity (Wildman–Crippen MR) is 163 cm³/mol. The number of halogens is 1. The van der Waals surface area contributed by atoms with Gasteiger partial charge >= 0.3 is 0 Å². The SMILES string of the molecule is Cc1cc(Nc2ncnc3ccn(CCNC(=O)CS(C)(=O)=O)c23)ccc1Oc1cccc(OCC(C)(C)C)c1.Cl. The lowest BCUT2D eigenvalue weighted by atomic mass is 9.99. The second-order valence-corrected chi connectivity index (χ2v) is 13.1. The topological polar surface area (TPSA) is 124 Å².